The molecule has 0 saturated heterocycles. The lowest BCUT2D eigenvalue weighted by Gasteiger charge is -2.50. The van der Waals surface area contributed by atoms with Crippen LogP contribution in [0.25, 0.3) is 5.76 Å². The third kappa shape index (κ3) is 2.80. The lowest BCUT2D eigenvalue weighted by molar-refractivity contribution is -0.385. The molecule has 0 heterocycles. The van der Waals surface area contributed by atoms with Crippen LogP contribution in [0.1, 0.15) is 17.5 Å². The molecule has 12 nitrogen and oxygen atoms in total. The summed E-state index contributed by atoms with van der Waals surface area (Å²) in [5, 5.41) is 54.8. The van der Waals surface area contributed by atoms with Crippen LogP contribution in [0.3, 0.4) is 0 Å². The number of aliphatic hydroxyl groups is 3. The summed E-state index contributed by atoms with van der Waals surface area (Å²) in [4.78, 5) is 50.6. The second kappa shape index (κ2) is 7.12. The largest absolute Gasteiger partial charge is 0.508 e. The summed E-state index contributed by atoms with van der Waals surface area (Å²) >= 11 is 0. The van der Waals surface area contributed by atoms with E-state index in [0.29, 0.717) is 0 Å². The first-order valence-electron chi connectivity index (χ1n) is 9.98. The van der Waals surface area contributed by atoms with Crippen LogP contribution in [0.2, 0.25) is 0 Å². The number of carbonyl (C=O) groups is 3. The number of primary amides is 1. The number of fused-ring (bicyclic) bond motifs is 3. The van der Waals surface area contributed by atoms with Crippen molar-refractivity contribution >= 4 is 28.9 Å². The van der Waals surface area contributed by atoms with Gasteiger partial charge in [0.05, 0.1) is 16.5 Å². The van der Waals surface area contributed by atoms with E-state index in [2.05, 4.69) is 0 Å². The molecule has 0 bridgehead atoms. The predicted octanol–water partition coefficient (Wildman–Crippen LogP) is -0.128. The van der Waals surface area contributed by atoms with E-state index in [0.717, 1.165) is 12.1 Å². The number of hydrogen-bond acceptors (Lipinski definition) is 10. The summed E-state index contributed by atoms with van der Waals surface area (Å²) in [7, 11) is 2.96. The molecule has 174 valence electrons. The Balaban J connectivity index is 2.00. The highest BCUT2D eigenvalue weighted by Gasteiger charge is 2.64. The second-order valence-electron chi connectivity index (χ2n) is 8.68. The molecule has 6 N–H and O–H groups in total. The van der Waals surface area contributed by atoms with Crippen LogP contribution < -0.4 is 5.73 Å². The average Bonchev–Trinajstić information content (AvgIpc) is 2.70. The van der Waals surface area contributed by atoms with Crippen LogP contribution >= 0.6 is 0 Å². The van der Waals surface area contributed by atoms with E-state index < -0.39 is 68.7 Å². The van der Waals surface area contributed by atoms with Crippen molar-refractivity contribution < 1.29 is 39.7 Å². The van der Waals surface area contributed by atoms with Gasteiger partial charge in [-0.25, -0.2) is 0 Å². The highest BCUT2D eigenvalue weighted by atomic mass is 16.6. The van der Waals surface area contributed by atoms with Gasteiger partial charge < -0.3 is 26.2 Å². The monoisotopic (exact) mass is 459 g/mol. The van der Waals surface area contributed by atoms with Gasteiger partial charge in [0, 0.05) is 23.1 Å². The van der Waals surface area contributed by atoms with Gasteiger partial charge in [-0.3, -0.25) is 29.4 Å². The molecule has 4 atom stereocenters. The number of nitrogens with two attached hydrogens (primary N) is 1. The average molecular weight is 459 g/mol. The normalized spacial score (nSPS) is 29.0. The van der Waals surface area contributed by atoms with Crippen LogP contribution in [0.5, 0.6) is 5.75 Å². The third-order valence-electron chi connectivity index (χ3n) is 6.78. The highest BCUT2D eigenvalue weighted by Crippen LogP contribution is 2.53. The Morgan fingerprint density at radius 1 is 1.24 bits per heavy atom. The smallest absolute Gasteiger partial charge is 0.273 e. The van der Waals surface area contributed by atoms with Crippen LogP contribution in [0.4, 0.5) is 5.69 Å². The molecule has 0 aliphatic heterocycles. The van der Waals surface area contributed by atoms with Crippen LogP contribution in [-0.4, -0.2) is 73.5 Å². The summed E-state index contributed by atoms with van der Waals surface area (Å²) in [5.74, 6) is -7.96. The van der Waals surface area contributed by atoms with Crippen LogP contribution in [-0.2, 0) is 20.8 Å². The van der Waals surface area contributed by atoms with Crippen molar-refractivity contribution in [2.24, 2.45) is 17.6 Å². The van der Waals surface area contributed by atoms with Crippen molar-refractivity contribution in [3.63, 3.8) is 0 Å². The molecule has 4 unspecified atom stereocenters. The number of hydrogen-bond donors (Lipinski definition) is 5. The minimum Gasteiger partial charge on any atom is -0.508 e. The number of ketones is 2. The van der Waals surface area contributed by atoms with Gasteiger partial charge in [-0.05, 0) is 38.9 Å². The number of amides is 1. The number of Topliss-reactive ketones (excluding diaryl/α,β-unsaturated/α-hetero) is 2. The van der Waals surface area contributed by atoms with Crippen molar-refractivity contribution in [3.05, 3.63) is 50.3 Å². The van der Waals surface area contributed by atoms with Gasteiger partial charge in [0.2, 0.25) is 5.78 Å². The van der Waals surface area contributed by atoms with E-state index in [1.807, 2.05) is 0 Å². The van der Waals surface area contributed by atoms with Gasteiger partial charge in [0.25, 0.3) is 11.6 Å². The lowest BCUT2D eigenvalue weighted by Crippen LogP contribution is -2.65. The highest BCUT2D eigenvalue weighted by molar-refractivity contribution is 6.24. The summed E-state index contributed by atoms with van der Waals surface area (Å²) in [6, 6.07) is 0.859. The minimum atomic E-state index is -2.75. The van der Waals surface area contributed by atoms with Crippen molar-refractivity contribution in [2.45, 2.75) is 24.5 Å². The number of phenolic OH excluding ortho intramolecular Hbond substituents is 1. The van der Waals surface area contributed by atoms with Crippen molar-refractivity contribution in [3.8, 4) is 5.75 Å². The minimum absolute atomic E-state index is 0.00520. The van der Waals surface area contributed by atoms with E-state index in [1.54, 1.807) is 0 Å². The van der Waals surface area contributed by atoms with Crippen molar-refractivity contribution in [2.75, 3.05) is 14.1 Å². The number of phenols is 1. The molecule has 12 heteroatoms. The van der Waals surface area contributed by atoms with E-state index in [1.165, 1.54) is 19.0 Å². The number of benzene rings is 1. The summed E-state index contributed by atoms with van der Waals surface area (Å²) < 4.78 is 0. The third-order valence-corrected chi connectivity index (χ3v) is 6.78. The van der Waals surface area contributed by atoms with Gasteiger partial charge in [0.1, 0.15) is 22.8 Å². The zero-order valence-corrected chi connectivity index (χ0v) is 17.6. The number of aromatic hydroxyl groups is 1. The molecule has 0 radical (unpaired) electrons. The van der Waals surface area contributed by atoms with Crippen molar-refractivity contribution in [1.29, 1.82) is 0 Å². The Morgan fingerprint density at radius 2 is 1.88 bits per heavy atom. The lowest BCUT2D eigenvalue weighted by atomic mass is 9.57. The molecule has 0 aromatic heterocycles. The molecular formula is C21H21N3O9. The molecule has 1 saturated carbocycles. The second-order valence-corrected chi connectivity index (χ2v) is 8.68. The maximum Gasteiger partial charge on any atom is 0.273 e. The van der Waals surface area contributed by atoms with E-state index in [9.17, 15) is 44.9 Å². The van der Waals surface area contributed by atoms with Crippen molar-refractivity contribution in [1.82, 2.24) is 4.90 Å². The fourth-order valence-electron chi connectivity index (χ4n) is 5.40. The molecule has 3 aliphatic rings. The fraction of sp³-hybridized carbons (Fsp3) is 0.381. The molecular weight excluding hydrogens is 438 g/mol. The zero-order valence-electron chi connectivity index (χ0n) is 17.6. The van der Waals surface area contributed by atoms with E-state index in [4.69, 9.17) is 5.73 Å². The molecule has 1 aromatic carbocycles. The standard InChI is InChI=1S/C21H21N3O9/c1-23(2)15-9-6-7-5-8-10(24(32)33)3-4-11(25)13(8)16(26)12(7)18(28)21(9,31)19(29)14(17(15)27)20(22)30/h3-4,7,9,15,25-26,29,31H,5-6H2,1-2H3,(H2,22,30). The number of nitro groups is 1. The topological polar surface area (TPSA) is 205 Å². The summed E-state index contributed by atoms with van der Waals surface area (Å²) in [5.41, 5.74) is 0.543. The zero-order chi connectivity index (χ0) is 24.6. The van der Waals surface area contributed by atoms with Gasteiger partial charge in [-0.15, -0.1) is 0 Å². The number of nitrogens with zero attached hydrogens (tertiary/aromatic N) is 2. The Bertz CT molecular complexity index is 1220. The quantitative estimate of drug-likeness (QED) is 0.230. The molecule has 3 aliphatic carbocycles. The number of likely N-dealkylation sites (N-methyl/N-ethyl adjacent to an activating group) is 1. The van der Waals surface area contributed by atoms with E-state index >= 15 is 0 Å². The van der Waals surface area contributed by atoms with Gasteiger partial charge in [0.15, 0.2) is 11.4 Å². The van der Waals surface area contributed by atoms with Gasteiger partial charge in [-0.1, -0.05) is 0 Å². The maximum absolute atomic E-state index is 13.6. The van der Waals surface area contributed by atoms with Crippen LogP contribution in [0, 0.1) is 22.0 Å². The summed E-state index contributed by atoms with van der Waals surface area (Å²) in [6.45, 7) is 0. The molecule has 1 amide bonds. The Morgan fingerprint density at radius 3 is 2.42 bits per heavy atom. The first kappa shape index (κ1) is 22.4. The molecule has 1 fully saturated rings. The Kier molecular flexibility index (Phi) is 4.84. The Hall–Kier alpha value is -3.77. The Labute approximate surface area is 186 Å². The number of aliphatic hydroxyl groups excluding tert-OH is 2. The van der Waals surface area contributed by atoms with Gasteiger partial charge in [-0.2, -0.15) is 0 Å². The first-order valence-corrected chi connectivity index (χ1v) is 9.98. The summed E-state index contributed by atoms with van der Waals surface area (Å²) in [6.07, 6.45) is -0.280. The molecule has 1 aromatic rings. The van der Waals surface area contributed by atoms with Gasteiger partial charge >= 0.3 is 0 Å². The number of rotatable bonds is 3. The van der Waals surface area contributed by atoms with E-state index in [-0.39, 0.29) is 35.2 Å². The number of carbonyl (C=O) groups excluding carboxylic acids is 3. The van der Waals surface area contributed by atoms with Crippen LogP contribution in [0.15, 0.2) is 29.0 Å². The molecule has 33 heavy (non-hydrogen) atoms. The maximum atomic E-state index is 13.6. The first-order chi connectivity index (χ1) is 15.3. The SMILES string of the molecule is CN(C)C1C(=O)C(C(N)=O)=C(O)C2(O)C(=O)C3=C(O)c4c(O)ccc([N+](=O)[O-])c4CC3CC12. The molecule has 4 rings (SSSR count). The molecule has 0 spiro atoms. The fourth-order valence-corrected chi connectivity index (χ4v) is 5.40. The number of nitro benzene ring substituents is 1. The predicted molar refractivity (Wildman–Crippen MR) is 111 cm³/mol.